The van der Waals surface area contributed by atoms with Crippen LogP contribution in [0.4, 0.5) is 0 Å². The van der Waals surface area contributed by atoms with Crippen molar-refractivity contribution in [1.82, 2.24) is 4.90 Å². The fourth-order valence-corrected chi connectivity index (χ4v) is 2.40. The molecule has 0 unspecified atom stereocenters. The van der Waals surface area contributed by atoms with E-state index in [0.29, 0.717) is 11.6 Å². The lowest BCUT2D eigenvalue weighted by Gasteiger charge is -2.18. The predicted molar refractivity (Wildman–Crippen MR) is 83.1 cm³/mol. The Hall–Kier alpha value is -1.52. The van der Waals surface area contributed by atoms with E-state index in [0.717, 1.165) is 10.0 Å². The van der Waals surface area contributed by atoms with Gasteiger partial charge < -0.3 is 10.0 Å². The largest absolute Gasteiger partial charge is 0.507 e. The topological polar surface area (TPSA) is 40.5 Å². The minimum absolute atomic E-state index is 0.0378. The Morgan fingerprint density at radius 1 is 1.30 bits per heavy atom. The Labute approximate surface area is 130 Å². The fraction of sp³-hybridized carbons (Fsp3) is 0.133. The number of carbonyl (C=O) groups excluding carboxylic acids is 1. The minimum atomic E-state index is -0.260. The highest BCUT2D eigenvalue weighted by molar-refractivity contribution is 9.10. The second kappa shape index (κ2) is 6.29. The molecule has 0 aliphatic carbocycles. The van der Waals surface area contributed by atoms with Crippen molar-refractivity contribution in [3.8, 4) is 5.75 Å². The summed E-state index contributed by atoms with van der Waals surface area (Å²) in [6.07, 6.45) is 0. The maximum Gasteiger partial charge on any atom is 0.257 e. The van der Waals surface area contributed by atoms with Gasteiger partial charge in [-0.25, -0.2) is 0 Å². The molecule has 20 heavy (non-hydrogen) atoms. The van der Waals surface area contributed by atoms with E-state index in [4.69, 9.17) is 11.6 Å². The van der Waals surface area contributed by atoms with Gasteiger partial charge in [0.25, 0.3) is 5.91 Å². The van der Waals surface area contributed by atoms with Gasteiger partial charge in [-0.3, -0.25) is 4.79 Å². The summed E-state index contributed by atoms with van der Waals surface area (Å²) in [5.74, 6) is -0.298. The molecule has 0 saturated carbocycles. The molecule has 3 nitrogen and oxygen atoms in total. The van der Waals surface area contributed by atoms with Crippen LogP contribution in [0.25, 0.3) is 0 Å². The molecule has 0 radical (unpaired) electrons. The quantitative estimate of drug-likeness (QED) is 0.902. The predicted octanol–water partition coefficient (Wildman–Crippen LogP) is 4.08. The molecule has 5 heteroatoms. The average molecular weight is 355 g/mol. The molecule has 0 fully saturated rings. The summed E-state index contributed by atoms with van der Waals surface area (Å²) in [7, 11) is 1.67. The lowest BCUT2D eigenvalue weighted by Crippen LogP contribution is -2.26. The third-order valence-corrected chi connectivity index (χ3v) is 3.76. The molecule has 0 aliphatic rings. The summed E-state index contributed by atoms with van der Waals surface area (Å²) in [5, 5.41) is 10.4. The van der Waals surface area contributed by atoms with Crippen LogP contribution < -0.4 is 0 Å². The van der Waals surface area contributed by atoms with Gasteiger partial charge in [0.2, 0.25) is 0 Å². The molecule has 0 bridgehead atoms. The number of hydrogen-bond donors (Lipinski definition) is 1. The third kappa shape index (κ3) is 3.32. The number of aromatic hydroxyl groups is 1. The molecule has 2 aromatic carbocycles. The van der Waals surface area contributed by atoms with Gasteiger partial charge in [-0.05, 0) is 29.8 Å². The van der Waals surface area contributed by atoms with Gasteiger partial charge >= 0.3 is 0 Å². The number of hydrogen-bond acceptors (Lipinski definition) is 2. The molecule has 2 aromatic rings. The Kier molecular flexibility index (Phi) is 4.68. The summed E-state index contributed by atoms with van der Waals surface area (Å²) in [6, 6.07) is 12.1. The Morgan fingerprint density at radius 2 is 2.00 bits per heavy atom. The maximum atomic E-state index is 12.3. The fourth-order valence-electron chi connectivity index (χ4n) is 1.84. The average Bonchev–Trinajstić information content (AvgIpc) is 2.43. The van der Waals surface area contributed by atoms with Crippen LogP contribution in [0.2, 0.25) is 5.02 Å². The summed E-state index contributed by atoms with van der Waals surface area (Å²) in [4.78, 5) is 13.9. The van der Waals surface area contributed by atoms with Crippen molar-refractivity contribution in [2.45, 2.75) is 6.54 Å². The van der Waals surface area contributed by atoms with Gasteiger partial charge in [-0.15, -0.1) is 0 Å². The van der Waals surface area contributed by atoms with Crippen molar-refractivity contribution in [2.24, 2.45) is 0 Å². The second-order valence-electron chi connectivity index (χ2n) is 4.41. The number of nitrogens with zero attached hydrogens (tertiary/aromatic N) is 1. The van der Waals surface area contributed by atoms with E-state index in [9.17, 15) is 9.90 Å². The number of phenolic OH excluding ortho intramolecular Hbond substituents is 1. The van der Waals surface area contributed by atoms with E-state index >= 15 is 0 Å². The first-order valence-corrected chi connectivity index (χ1v) is 7.13. The molecular weight excluding hydrogens is 342 g/mol. The summed E-state index contributed by atoms with van der Waals surface area (Å²) < 4.78 is 0.741. The normalized spacial score (nSPS) is 10.3. The molecule has 1 amide bonds. The number of amides is 1. The molecular formula is C15H13BrClNO2. The van der Waals surface area contributed by atoms with E-state index < -0.39 is 0 Å². The van der Waals surface area contributed by atoms with Crippen molar-refractivity contribution in [3.63, 3.8) is 0 Å². The van der Waals surface area contributed by atoms with Crippen molar-refractivity contribution in [3.05, 3.63) is 63.1 Å². The van der Waals surface area contributed by atoms with E-state index in [2.05, 4.69) is 15.9 Å². The molecule has 0 aromatic heterocycles. The number of rotatable bonds is 3. The highest BCUT2D eigenvalue weighted by atomic mass is 79.9. The first kappa shape index (κ1) is 14.9. The zero-order valence-electron chi connectivity index (χ0n) is 10.8. The van der Waals surface area contributed by atoms with E-state index in [1.165, 1.54) is 11.0 Å². The van der Waals surface area contributed by atoms with E-state index in [1.807, 2.05) is 18.2 Å². The summed E-state index contributed by atoms with van der Waals surface area (Å²) >= 11 is 9.37. The van der Waals surface area contributed by atoms with Crippen LogP contribution in [0.5, 0.6) is 5.75 Å². The SMILES string of the molecule is CN(Cc1ccccc1Cl)C(=O)c1cc(Br)ccc1O. The highest BCUT2D eigenvalue weighted by Gasteiger charge is 2.17. The maximum absolute atomic E-state index is 12.3. The van der Waals surface area contributed by atoms with Crippen LogP contribution in [0.1, 0.15) is 15.9 Å². The Bertz CT molecular complexity index is 646. The standard InChI is InChI=1S/C15H13BrClNO2/c1-18(9-10-4-2-3-5-13(10)17)15(20)12-8-11(16)6-7-14(12)19/h2-8,19H,9H2,1H3. The number of phenols is 1. The number of carbonyl (C=O) groups is 1. The molecule has 0 aliphatic heterocycles. The number of halogens is 2. The molecule has 0 atom stereocenters. The van der Waals surface area contributed by atoms with Gasteiger partial charge in [0.15, 0.2) is 0 Å². The van der Waals surface area contributed by atoms with Crippen molar-refractivity contribution in [2.75, 3.05) is 7.05 Å². The Morgan fingerprint density at radius 3 is 2.70 bits per heavy atom. The van der Waals surface area contributed by atoms with Crippen molar-refractivity contribution >= 4 is 33.4 Å². The van der Waals surface area contributed by atoms with Gasteiger partial charge in [0.05, 0.1) is 5.56 Å². The molecule has 0 spiro atoms. The second-order valence-corrected chi connectivity index (χ2v) is 5.74. The minimum Gasteiger partial charge on any atom is -0.507 e. The lowest BCUT2D eigenvalue weighted by atomic mass is 10.1. The molecule has 0 saturated heterocycles. The van der Waals surface area contributed by atoms with Crippen LogP contribution in [-0.2, 0) is 6.54 Å². The highest BCUT2D eigenvalue weighted by Crippen LogP contribution is 2.24. The zero-order chi connectivity index (χ0) is 14.7. The molecule has 2 rings (SSSR count). The first-order valence-electron chi connectivity index (χ1n) is 5.96. The Balaban J connectivity index is 2.21. The molecule has 0 heterocycles. The van der Waals surface area contributed by atoms with E-state index in [1.54, 1.807) is 25.2 Å². The first-order chi connectivity index (χ1) is 9.49. The summed E-state index contributed by atoms with van der Waals surface area (Å²) in [6.45, 7) is 0.379. The number of benzene rings is 2. The van der Waals surface area contributed by atoms with Crippen LogP contribution in [0, 0.1) is 0 Å². The van der Waals surface area contributed by atoms with Gasteiger partial charge in [0, 0.05) is 23.1 Å². The lowest BCUT2D eigenvalue weighted by molar-refractivity contribution is 0.0782. The van der Waals surface area contributed by atoms with Gasteiger partial charge in [-0.1, -0.05) is 45.7 Å². The monoisotopic (exact) mass is 353 g/mol. The van der Waals surface area contributed by atoms with E-state index in [-0.39, 0.29) is 17.2 Å². The van der Waals surface area contributed by atoms with Gasteiger partial charge in [0.1, 0.15) is 5.75 Å². The van der Waals surface area contributed by atoms with Crippen LogP contribution in [-0.4, -0.2) is 23.0 Å². The summed E-state index contributed by atoms with van der Waals surface area (Å²) in [5.41, 5.74) is 1.12. The van der Waals surface area contributed by atoms with Crippen LogP contribution in [0.3, 0.4) is 0 Å². The molecule has 1 N–H and O–H groups in total. The smallest absolute Gasteiger partial charge is 0.257 e. The van der Waals surface area contributed by atoms with Crippen LogP contribution in [0.15, 0.2) is 46.9 Å². The van der Waals surface area contributed by atoms with Crippen molar-refractivity contribution < 1.29 is 9.90 Å². The van der Waals surface area contributed by atoms with Gasteiger partial charge in [-0.2, -0.15) is 0 Å². The third-order valence-electron chi connectivity index (χ3n) is 2.90. The molecule has 104 valence electrons. The van der Waals surface area contributed by atoms with Crippen molar-refractivity contribution in [1.29, 1.82) is 0 Å². The zero-order valence-corrected chi connectivity index (χ0v) is 13.1. The van der Waals surface area contributed by atoms with Crippen LogP contribution >= 0.6 is 27.5 Å².